The number of anilines is 2. The number of amides is 2. The summed E-state index contributed by atoms with van der Waals surface area (Å²) in [4.78, 5) is 25.6. The maximum absolute atomic E-state index is 13.0. The zero-order chi connectivity index (χ0) is 16.4. The number of hydrogen-bond acceptors (Lipinski definition) is 5. The van der Waals surface area contributed by atoms with Crippen LogP contribution < -0.4 is 15.0 Å². The minimum atomic E-state index is -0.721. The van der Waals surface area contributed by atoms with E-state index in [1.165, 1.54) is 24.3 Å². The Balaban J connectivity index is 1.76. The second kappa shape index (κ2) is 6.29. The summed E-state index contributed by atoms with van der Waals surface area (Å²) in [6.07, 6.45) is 0. The number of benzene rings is 2. The summed E-state index contributed by atoms with van der Waals surface area (Å²) in [5.41, 5.74) is 1.05. The van der Waals surface area contributed by atoms with E-state index in [4.69, 9.17) is 4.74 Å². The third-order valence-electron chi connectivity index (χ3n) is 3.32. The van der Waals surface area contributed by atoms with Crippen LogP contribution in [0.15, 0.2) is 48.5 Å². The number of nitrogens with one attached hydrogen (secondary N) is 1. The lowest BCUT2D eigenvalue weighted by atomic mass is 10.2. The van der Waals surface area contributed by atoms with E-state index in [1.807, 2.05) is 0 Å². The van der Waals surface area contributed by atoms with Gasteiger partial charge in [-0.1, -0.05) is 0 Å². The number of carbonyl (C=O) groups excluding carboxylic acids is 2. The first-order valence-electron chi connectivity index (χ1n) is 6.79. The van der Waals surface area contributed by atoms with Crippen LogP contribution in [0.1, 0.15) is 0 Å². The molecule has 1 unspecified atom stereocenters. The Morgan fingerprint density at radius 2 is 1.74 bits per heavy atom. The quantitative estimate of drug-likeness (QED) is 0.929. The van der Waals surface area contributed by atoms with Gasteiger partial charge in [-0.25, -0.2) is 9.29 Å². The second-order valence-corrected chi connectivity index (χ2v) is 5.84. The van der Waals surface area contributed by atoms with E-state index in [0.29, 0.717) is 17.1 Å². The Morgan fingerprint density at radius 3 is 2.35 bits per heavy atom. The number of thioether (sulfide) groups is 1. The molecule has 1 N–H and O–H groups in total. The Kier molecular flexibility index (Phi) is 4.20. The normalized spacial score (nSPS) is 17.5. The maximum atomic E-state index is 13.0. The minimum Gasteiger partial charge on any atom is -0.497 e. The lowest BCUT2D eigenvalue weighted by Crippen LogP contribution is -2.34. The van der Waals surface area contributed by atoms with Gasteiger partial charge in [0.15, 0.2) is 5.37 Å². The van der Waals surface area contributed by atoms with Crippen molar-refractivity contribution in [2.75, 3.05) is 17.3 Å². The predicted octanol–water partition coefficient (Wildman–Crippen LogP) is 3.47. The summed E-state index contributed by atoms with van der Waals surface area (Å²) in [5.74, 6) is -0.110. The lowest BCUT2D eigenvalue weighted by molar-refractivity contribution is -0.116. The first kappa shape index (κ1) is 15.4. The third kappa shape index (κ3) is 3.14. The van der Waals surface area contributed by atoms with E-state index < -0.39 is 16.4 Å². The van der Waals surface area contributed by atoms with Crippen molar-refractivity contribution in [1.29, 1.82) is 0 Å². The van der Waals surface area contributed by atoms with Crippen molar-refractivity contribution in [2.45, 2.75) is 5.37 Å². The molecule has 0 saturated carbocycles. The summed E-state index contributed by atoms with van der Waals surface area (Å²) in [6.45, 7) is 0. The monoisotopic (exact) mass is 332 g/mol. The molecule has 1 aliphatic rings. The smallest absolute Gasteiger partial charge is 0.295 e. The molecule has 23 heavy (non-hydrogen) atoms. The molecule has 118 valence electrons. The summed E-state index contributed by atoms with van der Waals surface area (Å²) in [6, 6.07) is 12.3. The lowest BCUT2D eigenvalue weighted by Gasteiger charge is -2.15. The molecule has 0 radical (unpaired) electrons. The molecular formula is C16H13FN2O3S. The molecule has 1 fully saturated rings. The highest BCUT2D eigenvalue weighted by Gasteiger charge is 2.40. The topological polar surface area (TPSA) is 58.6 Å². The number of hydrogen-bond donors (Lipinski definition) is 1. The standard InChI is InChI=1S/C16H13FN2O3S/c1-22-13-8-4-11(5-9-13)18-14-15(20)19(16(21)23-14)12-6-2-10(17)3-7-12/h2-9,14,18H,1H3. The number of rotatable bonds is 4. The summed E-state index contributed by atoms with van der Waals surface area (Å²) in [7, 11) is 1.57. The molecule has 2 aromatic rings. The van der Waals surface area contributed by atoms with Crippen LogP contribution in [0.25, 0.3) is 0 Å². The number of imide groups is 1. The molecule has 1 aliphatic heterocycles. The predicted molar refractivity (Wildman–Crippen MR) is 87.3 cm³/mol. The van der Waals surface area contributed by atoms with Gasteiger partial charge in [0, 0.05) is 5.69 Å². The van der Waals surface area contributed by atoms with Gasteiger partial charge in [0.05, 0.1) is 12.8 Å². The largest absolute Gasteiger partial charge is 0.497 e. The van der Waals surface area contributed by atoms with Gasteiger partial charge in [0.1, 0.15) is 11.6 Å². The Morgan fingerprint density at radius 1 is 1.09 bits per heavy atom. The Hall–Kier alpha value is -2.54. The van der Waals surface area contributed by atoms with Gasteiger partial charge < -0.3 is 10.1 Å². The fraction of sp³-hybridized carbons (Fsp3) is 0.125. The first-order chi connectivity index (χ1) is 11.1. The van der Waals surface area contributed by atoms with Gasteiger partial charge >= 0.3 is 0 Å². The van der Waals surface area contributed by atoms with E-state index in [1.54, 1.807) is 31.4 Å². The van der Waals surface area contributed by atoms with Crippen LogP contribution in [0.2, 0.25) is 0 Å². The molecule has 3 rings (SSSR count). The van der Waals surface area contributed by atoms with E-state index in [2.05, 4.69) is 5.32 Å². The molecule has 1 saturated heterocycles. The highest BCUT2D eigenvalue weighted by atomic mass is 32.2. The van der Waals surface area contributed by atoms with E-state index in [0.717, 1.165) is 16.7 Å². The molecule has 0 aromatic heterocycles. The van der Waals surface area contributed by atoms with Gasteiger partial charge in [0.25, 0.3) is 11.1 Å². The van der Waals surface area contributed by atoms with Gasteiger partial charge in [-0.05, 0) is 60.3 Å². The highest BCUT2D eigenvalue weighted by molar-refractivity contribution is 8.16. The summed E-state index contributed by atoms with van der Waals surface area (Å²) in [5, 5.41) is 1.89. The van der Waals surface area contributed by atoms with Crippen LogP contribution in [0.3, 0.4) is 0 Å². The second-order valence-electron chi connectivity index (χ2n) is 4.79. The highest BCUT2D eigenvalue weighted by Crippen LogP contribution is 2.32. The van der Waals surface area contributed by atoms with E-state index >= 15 is 0 Å². The molecule has 0 aliphatic carbocycles. The van der Waals surface area contributed by atoms with E-state index in [9.17, 15) is 14.0 Å². The van der Waals surface area contributed by atoms with Crippen molar-refractivity contribution in [3.05, 3.63) is 54.3 Å². The number of ether oxygens (including phenoxy) is 1. The van der Waals surface area contributed by atoms with Crippen LogP contribution in [-0.2, 0) is 4.79 Å². The SMILES string of the molecule is COc1ccc(NC2SC(=O)N(c3ccc(F)cc3)C2=O)cc1. The zero-order valence-corrected chi connectivity index (χ0v) is 13.0. The first-order valence-corrected chi connectivity index (χ1v) is 7.67. The fourth-order valence-electron chi connectivity index (χ4n) is 2.16. The van der Waals surface area contributed by atoms with Crippen LogP contribution >= 0.6 is 11.8 Å². The molecule has 1 heterocycles. The van der Waals surface area contributed by atoms with Gasteiger partial charge in [-0.2, -0.15) is 0 Å². The van der Waals surface area contributed by atoms with Gasteiger partial charge in [-0.15, -0.1) is 0 Å². The fourth-order valence-corrected chi connectivity index (χ4v) is 3.07. The van der Waals surface area contributed by atoms with Crippen molar-refractivity contribution in [2.24, 2.45) is 0 Å². The minimum absolute atomic E-state index is 0.355. The number of carbonyl (C=O) groups is 2. The van der Waals surface area contributed by atoms with Crippen molar-refractivity contribution >= 4 is 34.3 Å². The van der Waals surface area contributed by atoms with E-state index in [-0.39, 0.29) is 5.91 Å². The van der Waals surface area contributed by atoms with Crippen molar-refractivity contribution < 1.29 is 18.7 Å². The van der Waals surface area contributed by atoms with Crippen LogP contribution in [-0.4, -0.2) is 23.6 Å². The summed E-state index contributed by atoms with van der Waals surface area (Å²) < 4.78 is 18.0. The average Bonchev–Trinajstić information content (AvgIpc) is 2.83. The molecule has 0 spiro atoms. The third-order valence-corrected chi connectivity index (χ3v) is 4.26. The van der Waals surface area contributed by atoms with Crippen LogP contribution in [0, 0.1) is 5.82 Å². The summed E-state index contributed by atoms with van der Waals surface area (Å²) >= 11 is 0.887. The van der Waals surface area contributed by atoms with Gasteiger partial charge in [-0.3, -0.25) is 9.59 Å². The maximum Gasteiger partial charge on any atom is 0.295 e. The van der Waals surface area contributed by atoms with Crippen LogP contribution in [0.4, 0.5) is 20.6 Å². The number of halogens is 1. The van der Waals surface area contributed by atoms with Crippen molar-refractivity contribution in [1.82, 2.24) is 0 Å². The molecule has 2 aromatic carbocycles. The van der Waals surface area contributed by atoms with Crippen LogP contribution in [0.5, 0.6) is 5.75 Å². The molecule has 2 amide bonds. The average molecular weight is 332 g/mol. The Bertz CT molecular complexity index is 734. The van der Waals surface area contributed by atoms with Gasteiger partial charge in [0.2, 0.25) is 0 Å². The number of nitrogens with zero attached hydrogens (tertiary/aromatic N) is 1. The molecular weight excluding hydrogens is 319 g/mol. The molecule has 1 atom stereocenters. The Labute approximate surface area is 136 Å². The number of methoxy groups -OCH3 is 1. The molecule has 7 heteroatoms. The molecule has 0 bridgehead atoms. The zero-order valence-electron chi connectivity index (χ0n) is 12.2. The van der Waals surface area contributed by atoms with Crippen molar-refractivity contribution in [3.63, 3.8) is 0 Å². The molecule has 5 nitrogen and oxygen atoms in total. The van der Waals surface area contributed by atoms with Crippen molar-refractivity contribution in [3.8, 4) is 5.75 Å².